The second kappa shape index (κ2) is 12.7. The largest absolute Gasteiger partial charge is 0.382 e. The van der Waals surface area contributed by atoms with E-state index in [4.69, 9.17) is 9.73 Å². The molecule has 2 aliphatic rings. The lowest BCUT2D eigenvalue weighted by atomic mass is 9.83. The van der Waals surface area contributed by atoms with Crippen LogP contribution in [0.25, 0.3) is 0 Å². The predicted octanol–water partition coefficient (Wildman–Crippen LogP) is 2.55. The summed E-state index contributed by atoms with van der Waals surface area (Å²) in [5.74, 6) is 0.976. The number of piperazine rings is 1. The summed E-state index contributed by atoms with van der Waals surface area (Å²) < 4.78 is 5.65. The molecule has 1 aliphatic carbocycles. The number of guanidine groups is 1. The third-order valence-electron chi connectivity index (χ3n) is 6.60. The minimum absolute atomic E-state index is 0.347. The van der Waals surface area contributed by atoms with Crippen LogP contribution in [0.2, 0.25) is 0 Å². The van der Waals surface area contributed by atoms with Crippen LogP contribution in [0, 0.1) is 5.41 Å². The van der Waals surface area contributed by atoms with Gasteiger partial charge in [0.15, 0.2) is 5.96 Å². The first kappa shape index (κ1) is 23.4. The molecule has 2 N–H and O–H groups in total. The highest BCUT2D eigenvalue weighted by Crippen LogP contribution is 2.41. The number of rotatable bonds is 11. The van der Waals surface area contributed by atoms with E-state index in [1.807, 2.05) is 0 Å². The molecule has 6 nitrogen and oxygen atoms in total. The molecule has 0 aromatic carbocycles. The van der Waals surface area contributed by atoms with Crippen molar-refractivity contribution < 1.29 is 4.74 Å². The maximum Gasteiger partial charge on any atom is 0.191 e. The van der Waals surface area contributed by atoms with Crippen molar-refractivity contribution in [2.75, 3.05) is 65.6 Å². The van der Waals surface area contributed by atoms with Gasteiger partial charge in [0.25, 0.3) is 0 Å². The van der Waals surface area contributed by atoms with Gasteiger partial charge in [0.05, 0.1) is 0 Å². The third kappa shape index (κ3) is 7.53. The fraction of sp³-hybridized carbons (Fsp3) is 0.955. The highest BCUT2D eigenvalue weighted by Gasteiger charge is 2.33. The van der Waals surface area contributed by atoms with Gasteiger partial charge in [-0.15, -0.1) is 0 Å². The Morgan fingerprint density at radius 3 is 2.39 bits per heavy atom. The van der Waals surface area contributed by atoms with Gasteiger partial charge < -0.3 is 20.3 Å². The maximum absolute atomic E-state index is 5.65. The topological polar surface area (TPSA) is 52.1 Å². The molecule has 2 fully saturated rings. The maximum atomic E-state index is 5.65. The minimum Gasteiger partial charge on any atom is -0.382 e. The Balaban J connectivity index is 1.83. The Bertz CT molecular complexity index is 442. The summed E-state index contributed by atoms with van der Waals surface area (Å²) in [6.45, 7) is 19.2. The molecular formula is C22H45N5O. The van der Waals surface area contributed by atoms with Crippen LogP contribution >= 0.6 is 0 Å². The smallest absolute Gasteiger partial charge is 0.191 e. The lowest BCUT2D eigenvalue weighted by molar-refractivity contribution is 0.106. The molecule has 1 heterocycles. The highest BCUT2D eigenvalue weighted by molar-refractivity contribution is 5.79. The van der Waals surface area contributed by atoms with Gasteiger partial charge in [0.1, 0.15) is 0 Å². The van der Waals surface area contributed by atoms with Crippen LogP contribution in [0.5, 0.6) is 0 Å². The second-order valence-electron chi connectivity index (χ2n) is 8.55. The van der Waals surface area contributed by atoms with E-state index in [9.17, 15) is 0 Å². The molecule has 1 saturated carbocycles. The summed E-state index contributed by atoms with van der Waals surface area (Å²) in [6.07, 6.45) is 6.41. The van der Waals surface area contributed by atoms with Crippen LogP contribution in [-0.4, -0.2) is 87.4 Å². The Hall–Kier alpha value is -0.850. The van der Waals surface area contributed by atoms with Gasteiger partial charge in [0, 0.05) is 65.1 Å². The van der Waals surface area contributed by atoms with E-state index >= 15 is 0 Å². The van der Waals surface area contributed by atoms with E-state index in [-0.39, 0.29) is 0 Å². The Morgan fingerprint density at radius 1 is 1.07 bits per heavy atom. The Labute approximate surface area is 173 Å². The highest BCUT2D eigenvalue weighted by atomic mass is 16.5. The molecule has 2 rings (SSSR count). The standard InChI is InChI=1S/C22H45N5O/c1-5-23-21(24-18-20(4)27-15-13-26(6-2)14-16-27)25-19-22(10-8-9-11-22)12-17-28-7-3/h20H,5-19H2,1-4H3,(H2,23,24,25). The van der Waals surface area contributed by atoms with Crippen molar-refractivity contribution in [1.29, 1.82) is 0 Å². The van der Waals surface area contributed by atoms with E-state index in [0.29, 0.717) is 11.5 Å². The van der Waals surface area contributed by atoms with Crippen LogP contribution in [0.1, 0.15) is 59.8 Å². The van der Waals surface area contributed by atoms with Crippen molar-refractivity contribution in [2.45, 2.75) is 65.8 Å². The molecular weight excluding hydrogens is 350 g/mol. The SMILES string of the molecule is CCNC(=NCC1(CCOCC)CCCC1)NCC(C)N1CCN(CC)CC1. The van der Waals surface area contributed by atoms with Crippen LogP contribution < -0.4 is 10.6 Å². The van der Waals surface area contributed by atoms with Crippen molar-refractivity contribution in [3.63, 3.8) is 0 Å². The number of likely N-dealkylation sites (N-methyl/N-ethyl adjacent to an activating group) is 1. The molecule has 1 atom stereocenters. The van der Waals surface area contributed by atoms with Crippen molar-refractivity contribution in [1.82, 2.24) is 20.4 Å². The van der Waals surface area contributed by atoms with E-state index in [2.05, 4.69) is 48.1 Å². The molecule has 1 aliphatic heterocycles. The lowest BCUT2D eigenvalue weighted by Crippen LogP contribution is -2.53. The molecule has 164 valence electrons. The van der Waals surface area contributed by atoms with Gasteiger partial charge in [-0.25, -0.2) is 0 Å². The zero-order valence-corrected chi connectivity index (χ0v) is 18.9. The van der Waals surface area contributed by atoms with Gasteiger partial charge in [0.2, 0.25) is 0 Å². The summed E-state index contributed by atoms with van der Waals surface area (Å²) in [5, 5.41) is 7.05. The van der Waals surface area contributed by atoms with E-state index < -0.39 is 0 Å². The fourth-order valence-corrected chi connectivity index (χ4v) is 4.53. The van der Waals surface area contributed by atoms with Gasteiger partial charge in [-0.05, 0) is 52.0 Å². The number of nitrogens with one attached hydrogen (secondary N) is 2. The Morgan fingerprint density at radius 2 is 1.79 bits per heavy atom. The van der Waals surface area contributed by atoms with Gasteiger partial charge in [-0.1, -0.05) is 19.8 Å². The molecule has 0 spiro atoms. The van der Waals surface area contributed by atoms with Crippen LogP contribution in [0.3, 0.4) is 0 Å². The van der Waals surface area contributed by atoms with E-state index in [0.717, 1.165) is 45.2 Å². The van der Waals surface area contributed by atoms with Crippen molar-refractivity contribution >= 4 is 5.96 Å². The molecule has 0 aromatic heterocycles. The van der Waals surface area contributed by atoms with Gasteiger partial charge in [-0.3, -0.25) is 9.89 Å². The molecule has 1 unspecified atom stereocenters. The first-order valence-electron chi connectivity index (χ1n) is 11.7. The first-order chi connectivity index (χ1) is 13.6. The number of ether oxygens (including phenoxy) is 1. The molecule has 28 heavy (non-hydrogen) atoms. The zero-order chi connectivity index (χ0) is 20.2. The third-order valence-corrected chi connectivity index (χ3v) is 6.60. The normalized spacial score (nSPS) is 22.4. The van der Waals surface area contributed by atoms with Crippen molar-refractivity contribution in [3.05, 3.63) is 0 Å². The summed E-state index contributed by atoms with van der Waals surface area (Å²) >= 11 is 0. The summed E-state index contributed by atoms with van der Waals surface area (Å²) in [7, 11) is 0. The lowest BCUT2D eigenvalue weighted by Gasteiger charge is -2.37. The summed E-state index contributed by atoms with van der Waals surface area (Å²) in [4.78, 5) is 10.1. The van der Waals surface area contributed by atoms with Crippen LogP contribution in [0.4, 0.5) is 0 Å². The molecule has 6 heteroatoms. The first-order valence-corrected chi connectivity index (χ1v) is 11.7. The molecule has 0 bridgehead atoms. The number of nitrogens with zero attached hydrogens (tertiary/aromatic N) is 3. The molecule has 0 radical (unpaired) electrons. The summed E-state index contributed by atoms with van der Waals surface area (Å²) in [5.41, 5.74) is 0.347. The summed E-state index contributed by atoms with van der Waals surface area (Å²) in [6, 6.07) is 0.529. The average Bonchev–Trinajstić information content (AvgIpc) is 3.19. The molecule has 0 aromatic rings. The van der Waals surface area contributed by atoms with E-state index in [1.165, 1.54) is 58.4 Å². The van der Waals surface area contributed by atoms with Gasteiger partial charge >= 0.3 is 0 Å². The van der Waals surface area contributed by atoms with Gasteiger partial charge in [-0.2, -0.15) is 0 Å². The quantitative estimate of drug-likeness (QED) is 0.320. The monoisotopic (exact) mass is 395 g/mol. The zero-order valence-electron chi connectivity index (χ0n) is 18.9. The van der Waals surface area contributed by atoms with Crippen LogP contribution in [-0.2, 0) is 4.74 Å². The number of hydrogen-bond donors (Lipinski definition) is 2. The second-order valence-corrected chi connectivity index (χ2v) is 8.55. The van der Waals surface area contributed by atoms with E-state index in [1.54, 1.807) is 0 Å². The number of aliphatic imine (C=N–C) groups is 1. The molecule has 0 amide bonds. The fourth-order valence-electron chi connectivity index (χ4n) is 4.53. The van der Waals surface area contributed by atoms with Crippen LogP contribution in [0.15, 0.2) is 4.99 Å². The molecule has 1 saturated heterocycles. The minimum atomic E-state index is 0.347. The predicted molar refractivity (Wildman–Crippen MR) is 119 cm³/mol. The Kier molecular flexibility index (Phi) is 10.6. The average molecular weight is 396 g/mol. The van der Waals surface area contributed by atoms with Crippen molar-refractivity contribution in [2.24, 2.45) is 10.4 Å². The van der Waals surface area contributed by atoms with Crippen molar-refractivity contribution in [3.8, 4) is 0 Å². The number of hydrogen-bond acceptors (Lipinski definition) is 4.